The van der Waals surface area contributed by atoms with Gasteiger partial charge in [-0.2, -0.15) is 4.73 Å². The van der Waals surface area contributed by atoms with E-state index >= 15 is 0 Å². The van der Waals surface area contributed by atoms with Gasteiger partial charge in [0.2, 0.25) is 0 Å². The summed E-state index contributed by atoms with van der Waals surface area (Å²) < 4.78 is 1.51. The number of carbonyl (C=O) groups excluding carboxylic acids is 1. The van der Waals surface area contributed by atoms with E-state index in [1.54, 1.807) is 12.1 Å². The highest BCUT2D eigenvalue weighted by atomic mass is 79.9. The molecule has 0 saturated carbocycles. The van der Waals surface area contributed by atoms with Crippen LogP contribution in [0.4, 0.5) is 0 Å². The zero-order chi connectivity index (χ0) is 13.8. The lowest BCUT2D eigenvalue weighted by molar-refractivity contribution is -0.607. The van der Waals surface area contributed by atoms with Crippen LogP contribution in [0.15, 0.2) is 53.1 Å². The van der Waals surface area contributed by atoms with Crippen molar-refractivity contribution in [3.63, 3.8) is 0 Å². The summed E-state index contributed by atoms with van der Waals surface area (Å²) >= 11 is 3.39. The average Bonchev–Trinajstić information content (AvgIpc) is 2.39. The van der Waals surface area contributed by atoms with Gasteiger partial charge in [0.25, 0.3) is 5.69 Å². The van der Waals surface area contributed by atoms with Gasteiger partial charge in [-0.1, -0.05) is 28.1 Å². The maximum absolute atomic E-state index is 12.0. The van der Waals surface area contributed by atoms with Crippen molar-refractivity contribution in [3.05, 3.63) is 69.6 Å². The van der Waals surface area contributed by atoms with E-state index in [1.807, 2.05) is 31.2 Å². The Hall–Kier alpha value is -1.88. The molecular weight excluding hydrogens is 308 g/mol. The van der Waals surface area contributed by atoms with Gasteiger partial charge in [0.1, 0.15) is 0 Å². The summed E-state index contributed by atoms with van der Waals surface area (Å²) in [5, 5.41) is 14.3. The van der Waals surface area contributed by atoms with Gasteiger partial charge in [0.15, 0.2) is 6.20 Å². The minimum absolute atomic E-state index is 0.0874. The molecule has 1 atom stereocenters. The first-order valence-corrected chi connectivity index (χ1v) is 6.62. The number of rotatable bonds is 3. The molecular formula is C14H13BrN2O2. The van der Waals surface area contributed by atoms with E-state index in [9.17, 15) is 10.0 Å². The van der Waals surface area contributed by atoms with Crippen molar-refractivity contribution in [2.24, 2.45) is 0 Å². The first-order chi connectivity index (χ1) is 9.08. The van der Waals surface area contributed by atoms with Gasteiger partial charge < -0.3 is 10.5 Å². The SMILES string of the molecule is C[C@@H](NC(=O)c1cccc[n+]1[O-])c1cccc(Br)c1. The van der Waals surface area contributed by atoms with Crippen molar-refractivity contribution in [3.8, 4) is 0 Å². The first kappa shape index (κ1) is 13.5. The maximum Gasteiger partial charge on any atom is 0.317 e. The molecule has 2 aromatic rings. The molecule has 0 aliphatic carbocycles. The van der Waals surface area contributed by atoms with Crippen LogP contribution in [-0.2, 0) is 0 Å². The van der Waals surface area contributed by atoms with E-state index in [1.165, 1.54) is 12.3 Å². The number of halogens is 1. The number of amides is 1. The van der Waals surface area contributed by atoms with Crippen molar-refractivity contribution < 1.29 is 9.52 Å². The predicted molar refractivity (Wildman–Crippen MR) is 75.4 cm³/mol. The summed E-state index contributed by atoms with van der Waals surface area (Å²) in [5.41, 5.74) is 1.06. The summed E-state index contributed by atoms with van der Waals surface area (Å²) in [4.78, 5) is 12.0. The molecule has 0 fully saturated rings. The molecule has 0 unspecified atom stereocenters. The molecule has 0 bridgehead atoms. The lowest BCUT2D eigenvalue weighted by atomic mass is 10.1. The van der Waals surface area contributed by atoms with Crippen molar-refractivity contribution in [1.82, 2.24) is 5.32 Å². The minimum atomic E-state index is -0.386. The Labute approximate surface area is 119 Å². The van der Waals surface area contributed by atoms with E-state index in [2.05, 4.69) is 21.2 Å². The van der Waals surface area contributed by atoms with Gasteiger partial charge in [-0.15, -0.1) is 0 Å². The molecule has 1 amide bonds. The van der Waals surface area contributed by atoms with Crippen LogP contribution in [0.25, 0.3) is 0 Å². The van der Waals surface area contributed by atoms with Gasteiger partial charge in [0, 0.05) is 16.6 Å². The standard InChI is InChI=1S/C14H13BrN2O2/c1-10(11-5-4-6-12(15)9-11)16-14(18)13-7-2-3-8-17(13)19/h2-10H,1H3,(H,16,18)/t10-/m1/s1. The van der Waals surface area contributed by atoms with E-state index in [0.29, 0.717) is 4.73 Å². The van der Waals surface area contributed by atoms with Crippen LogP contribution >= 0.6 is 15.9 Å². The van der Waals surface area contributed by atoms with E-state index in [0.717, 1.165) is 10.0 Å². The largest absolute Gasteiger partial charge is 0.618 e. The van der Waals surface area contributed by atoms with Crippen LogP contribution < -0.4 is 10.0 Å². The highest BCUT2D eigenvalue weighted by Gasteiger charge is 2.17. The van der Waals surface area contributed by atoms with E-state index in [-0.39, 0.29) is 17.6 Å². The lowest BCUT2D eigenvalue weighted by Crippen LogP contribution is -2.39. The molecule has 98 valence electrons. The number of nitrogens with one attached hydrogen (secondary N) is 1. The third kappa shape index (κ3) is 3.32. The van der Waals surface area contributed by atoms with E-state index in [4.69, 9.17) is 0 Å². The minimum Gasteiger partial charge on any atom is -0.618 e. The molecule has 1 heterocycles. The molecule has 2 rings (SSSR count). The molecule has 0 aliphatic heterocycles. The molecule has 0 saturated heterocycles. The van der Waals surface area contributed by atoms with Crippen LogP contribution in [-0.4, -0.2) is 5.91 Å². The van der Waals surface area contributed by atoms with E-state index < -0.39 is 0 Å². The summed E-state index contributed by atoms with van der Waals surface area (Å²) in [7, 11) is 0. The number of hydrogen-bond donors (Lipinski definition) is 1. The van der Waals surface area contributed by atoms with Crippen LogP contribution in [0, 0.1) is 5.21 Å². The fourth-order valence-corrected chi connectivity index (χ4v) is 2.15. The number of pyridine rings is 1. The highest BCUT2D eigenvalue weighted by Crippen LogP contribution is 2.17. The van der Waals surface area contributed by atoms with Gasteiger partial charge in [0.05, 0.1) is 6.04 Å². The Morgan fingerprint density at radius 3 is 2.79 bits per heavy atom. The Morgan fingerprint density at radius 1 is 1.32 bits per heavy atom. The van der Waals surface area contributed by atoms with Gasteiger partial charge in [-0.05, 0) is 30.7 Å². The number of carbonyl (C=O) groups is 1. The molecule has 19 heavy (non-hydrogen) atoms. The fraction of sp³-hybridized carbons (Fsp3) is 0.143. The Balaban J connectivity index is 2.13. The topological polar surface area (TPSA) is 56.0 Å². The van der Waals surface area contributed by atoms with Crippen molar-refractivity contribution >= 4 is 21.8 Å². The Morgan fingerprint density at radius 2 is 2.11 bits per heavy atom. The third-order valence-electron chi connectivity index (χ3n) is 2.75. The zero-order valence-corrected chi connectivity index (χ0v) is 11.9. The molecule has 0 aliphatic rings. The first-order valence-electron chi connectivity index (χ1n) is 5.82. The van der Waals surface area contributed by atoms with Gasteiger partial charge >= 0.3 is 5.91 Å². The molecule has 0 radical (unpaired) electrons. The molecule has 1 aromatic heterocycles. The number of nitrogens with zero attached hydrogens (tertiary/aromatic N) is 1. The van der Waals surface area contributed by atoms with Crippen molar-refractivity contribution in [2.45, 2.75) is 13.0 Å². The Kier molecular flexibility index (Phi) is 4.16. The molecule has 1 N–H and O–H groups in total. The van der Waals surface area contributed by atoms with Crippen molar-refractivity contribution in [2.75, 3.05) is 0 Å². The monoisotopic (exact) mass is 320 g/mol. The average molecular weight is 321 g/mol. The zero-order valence-electron chi connectivity index (χ0n) is 10.3. The second kappa shape index (κ2) is 5.84. The van der Waals surface area contributed by atoms with Crippen LogP contribution in [0.5, 0.6) is 0 Å². The third-order valence-corrected chi connectivity index (χ3v) is 3.25. The van der Waals surface area contributed by atoms with Gasteiger partial charge in [-0.25, -0.2) is 0 Å². The lowest BCUT2D eigenvalue weighted by Gasteiger charge is -2.14. The van der Waals surface area contributed by atoms with Gasteiger partial charge in [-0.3, -0.25) is 4.79 Å². The number of aromatic nitrogens is 1. The highest BCUT2D eigenvalue weighted by molar-refractivity contribution is 9.10. The summed E-state index contributed by atoms with van der Waals surface area (Å²) in [6.07, 6.45) is 1.30. The summed E-state index contributed by atoms with van der Waals surface area (Å²) in [6, 6.07) is 12.2. The molecule has 4 nitrogen and oxygen atoms in total. The summed E-state index contributed by atoms with van der Waals surface area (Å²) in [6.45, 7) is 1.87. The number of hydrogen-bond acceptors (Lipinski definition) is 2. The summed E-state index contributed by atoms with van der Waals surface area (Å²) in [5.74, 6) is -0.386. The van der Waals surface area contributed by atoms with Crippen LogP contribution in [0.1, 0.15) is 29.0 Å². The smallest absolute Gasteiger partial charge is 0.317 e. The molecule has 1 aromatic carbocycles. The fourth-order valence-electron chi connectivity index (χ4n) is 1.73. The maximum atomic E-state index is 12.0. The van der Waals surface area contributed by atoms with Crippen LogP contribution in [0.3, 0.4) is 0 Å². The predicted octanol–water partition coefficient (Wildman–Crippen LogP) is 2.57. The molecule has 0 spiro atoms. The second-order valence-electron chi connectivity index (χ2n) is 4.16. The Bertz CT molecular complexity index is 602. The van der Waals surface area contributed by atoms with Crippen molar-refractivity contribution in [1.29, 1.82) is 0 Å². The number of benzene rings is 1. The second-order valence-corrected chi connectivity index (χ2v) is 5.08. The molecule has 5 heteroatoms. The quantitative estimate of drug-likeness (QED) is 0.698. The normalized spacial score (nSPS) is 11.9. The van der Waals surface area contributed by atoms with Crippen LogP contribution in [0.2, 0.25) is 0 Å².